The average Bonchev–Trinajstić information content (AvgIpc) is 2.98. The minimum absolute atomic E-state index is 0.0707. The lowest BCUT2D eigenvalue weighted by molar-refractivity contribution is -0.136. The van der Waals surface area contributed by atoms with Crippen molar-refractivity contribution in [2.24, 2.45) is 0 Å². The summed E-state index contributed by atoms with van der Waals surface area (Å²) in [5.74, 6) is -0.797. The molecule has 15 heavy (non-hydrogen) atoms. The Hall–Kier alpha value is -1.35. The van der Waals surface area contributed by atoms with Crippen LogP contribution in [-0.4, -0.2) is 18.2 Å². The molecule has 0 saturated heterocycles. The topological polar surface area (TPSA) is 46.5 Å². The van der Waals surface area contributed by atoms with E-state index in [-0.39, 0.29) is 12.0 Å². The smallest absolute Gasteiger partial charge is 0.307 e. The number of hydrogen-bond acceptors (Lipinski definition) is 2. The highest BCUT2D eigenvalue weighted by Crippen LogP contribution is 2.49. The maximum Gasteiger partial charge on any atom is 0.307 e. The molecule has 3 heteroatoms. The molecule has 1 saturated carbocycles. The van der Waals surface area contributed by atoms with Crippen LogP contribution in [0.15, 0.2) is 24.3 Å². The summed E-state index contributed by atoms with van der Waals surface area (Å²) in [6, 6.07) is 7.63. The lowest BCUT2D eigenvalue weighted by Crippen LogP contribution is -2.14. The second kappa shape index (κ2) is 3.66. The minimum atomic E-state index is -0.797. The number of hydrogen-bond donors (Lipinski definition) is 1. The van der Waals surface area contributed by atoms with E-state index in [1.165, 1.54) is 0 Å². The first-order valence-electron chi connectivity index (χ1n) is 5.03. The van der Waals surface area contributed by atoms with E-state index in [1.807, 2.05) is 24.3 Å². The van der Waals surface area contributed by atoms with Crippen LogP contribution in [0.4, 0.5) is 0 Å². The van der Waals surface area contributed by atoms with Gasteiger partial charge in [0.2, 0.25) is 0 Å². The molecule has 2 rings (SSSR count). The standard InChI is InChI=1S/C12H14O3/c1-15-12(6-7-12)10-5-3-2-4-9(10)8-11(13)14/h2-5H,6-8H2,1H3,(H,13,14). The number of benzene rings is 1. The Kier molecular flexibility index (Phi) is 2.49. The van der Waals surface area contributed by atoms with Crippen molar-refractivity contribution in [2.45, 2.75) is 24.9 Å². The third kappa shape index (κ3) is 1.88. The van der Waals surface area contributed by atoms with Crippen molar-refractivity contribution in [1.82, 2.24) is 0 Å². The molecule has 1 N–H and O–H groups in total. The summed E-state index contributed by atoms with van der Waals surface area (Å²) in [6.07, 6.45) is 2.04. The summed E-state index contributed by atoms with van der Waals surface area (Å²) in [4.78, 5) is 10.7. The number of carboxylic acids is 1. The van der Waals surface area contributed by atoms with Gasteiger partial charge in [0.25, 0.3) is 0 Å². The Labute approximate surface area is 88.7 Å². The molecule has 0 bridgehead atoms. The second-order valence-corrected chi connectivity index (χ2v) is 3.93. The number of ether oxygens (including phenoxy) is 1. The van der Waals surface area contributed by atoms with Crippen LogP contribution >= 0.6 is 0 Å². The van der Waals surface area contributed by atoms with Crippen LogP contribution < -0.4 is 0 Å². The summed E-state index contributed by atoms with van der Waals surface area (Å²) < 4.78 is 5.46. The summed E-state index contributed by atoms with van der Waals surface area (Å²) >= 11 is 0. The minimum Gasteiger partial charge on any atom is -0.481 e. The van der Waals surface area contributed by atoms with E-state index < -0.39 is 5.97 Å². The first-order chi connectivity index (χ1) is 7.18. The van der Waals surface area contributed by atoms with E-state index in [2.05, 4.69) is 0 Å². The zero-order chi connectivity index (χ0) is 10.9. The largest absolute Gasteiger partial charge is 0.481 e. The van der Waals surface area contributed by atoms with Gasteiger partial charge in [-0.2, -0.15) is 0 Å². The first kappa shape index (κ1) is 10.2. The van der Waals surface area contributed by atoms with Gasteiger partial charge in [0, 0.05) is 7.11 Å². The quantitative estimate of drug-likeness (QED) is 0.819. The molecule has 0 spiro atoms. The maximum atomic E-state index is 10.7. The van der Waals surface area contributed by atoms with Crippen LogP contribution in [-0.2, 0) is 21.6 Å². The Bertz CT molecular complexity index is 380. The molecule has 0 heterocycles. The van der Waals surface area contributed by atoms with E-state index in [4.69, 9.17) is 9.84 Å². The summed E-state index contributed by atoms with van der Waals surface area (Å²) in [7, 11) is 1.69. The van der Waals surface area contributed by atoms with Crippen molar-refractivity contribution in [2.75, 3.05) is 7.11 Å². The molecule has 1 aliphatic rings. The molecule has 0 aromatic heterocycles. The Morgan fingerprint density at radius 3 is 2.67 bits per heavy atom. The molecular weight excluding hydrogens is 192 g/mol. The molecule has 1 fully saturated rings. The van der Waals surface area contributed by atoms with E-state index in [0.717, 1.165) is 24.0 Å². The van der Waals surface area contributed by atoms with Crippen molar-refractivity contribution in [3.63, 3.8) is 0 Å². The van der Waals surface area contributed by atoms with Gasteiger partial charge in [-0.3, -0.25) is 4.79 Å². The van der Waals surface area contributed by atoms with Gasteiger partial charge in [-0.1, -0.05) is 24.3 Å². The number of carboxylic acid groups (broad SMARTS) is 1. The molecule has 0 amide bonds. The Morgan fingerprint density at radius 1 is 1.47 bits per heavy atom. The molecule has 1 aromatic rings. The highest BCUT2D eigenvalue weighted by molar-refractivity contribution is 5.71. The Morgan fingerprint density at radius 2 is 2.13 bits per heavy atom. The number of methoxy groups -OCH3 is 1. The number of aliphatic carboxylic acids is 1. The molecule has 1 aliphatic carbocycles. The Balaban J connectivity index is 2.34. The van der Waals surface area contributed by atoms with Gasteiger partial charge in [0.1, 0.15) is 0 Å². The van der Waals surface area contributed by atoms with E-state index in [9.17, 15) is 4.79 Å². The average molecular weight is 206 g/mol. The van der Waals surface area contributed by atoms with Crippen LogP contribution in [0, 0.1) is 0 Å². The molecule has 0 radical (unpaired) electrons. The third-order valence-electron chi connectivity index (χ3n) is 2.94. The molecular formula is C12H14O3. The van der Waals surface area contributed by atoms with E-state index in [0.29, 0.717) is 0 Å². The fourth-order valence-corrected chi connectivity index (χ4v) is 1.98. The SMILES string of the molecule is COC1(c2ccccc2CC(=O)O)CC1. The van der Waals surface area contributed by atoms with Crippen LogP contribution in [0.1, 0.15) is 24.0 Å². The summed E-state index contributed by atoms with van der Waals surface area (Å²) in [6.45, 7) is 0. The van der Waals surface area contributed by atoms with Gasteiger partial charge in [-0.25, -0.2) is 0 Å². The lowest BCUT2D eigenvalue weighted by Gasteiger charge is -2.17. The third-order valence-corrected chi connectivity index (χ3v) is 2.94. The van der Waals surface area contributed by atoms with Crippen molar-refractivity contribution < 1.29 is 14.6 Å². The zero-order valence-corrected chi connectivity index (χ0v) is 8.69. The van der Waals surface area contributed by atoms with Gasteiger partial charge < -0.3 is 9.84 Å². The molecule has 0 aliphatic heterocycles. The highest BCUT2D eigenvalue weighted by atomic mass is 16.5. The molecule has 1 aromatic carbocycles. The number of rotatable bonds is 4. The van der Waals surface area contributed by atoms with Crippen LogP contribution in [0.2, 0.25) is 0 Å². The van der Waals surface area contributed by atoms with E-state index >= 15 is 0 Å². The maximum absolute atomic E-state index is 10.7. The summed E-state index contributed by atoms with van der Waals surface area (Å²) in [5.41, 5.74) is 1.70. The second-order valence-electron chi connectivity index (χ2n) is 3.93. The van der Waals surface area contributed by atoms with Crippen molar-refractivity contribution in [3.05, 3.63) is 35.4 Å². The van der Waals surface area contributed by atoms with E-state index in [1.54, 1.807) is 7.11 Å². The van der Waals surface area contributed by atoms with Crippen molar-refractivity contribution >= 4 is 5.97 Å². The fraction of sp³-hybridized carbons (Fsp3) is 0.417. The van der Waals surface area contributed by atoms with Crippen LogP contribution in [0.5, 0.6) is 0 Å². The molecule has 0 unspecified atom stereocenters. The molecule has 0 atom stereocenters. The molecule has 3 nitrogen and oxygen atoms in total. The molecule has 80 valence electrons. The predicted octanol–water partition coefficient (Wildman–Crippen LogP) is 1.95. The monoisotopic (exact) mass is 206 g/mol. The van der Waals surface area contributed by atoms with Crippen LogP contribution in [0.25, 0.3) is 0 Å². The fourth-order valence-electron chi connectivity index (χ4n) is 1.98. The van der Waals surface area contributed by atoms with Gasteiger partial charge in [-0.15, -0.1) is 0 Å². The van der Waals surface area contributed by atoms with Crippen LogP contribution in [0.3, 0.4) is 0 Å². The van der Waals surface area contributed by atoms with Gasteiger partial charge in [-0.05, 0) is 24.0 Å². The van der Waals surface area contributed by atoms with Gasteiger partial charge >= 0.3 is 5.97 Å². The predicted molar refractivity (Wildman–Crippen MR) is 55.7 cm³/mol. The van der Waals surface area contributed by atoms with Crippen molar-refractivity contribution in [3.8, 4) is 0 Å². The first-order valence-corrected chi connectivity index (χ1v) is 5.03. The lowest BCUT2D eigenvalue weighted by atomic mass is 9.98. The van der Waals surface area contributed by atoms with Gasteiger partial charge in [0.15, 0.2) is 0 Å². The van der Waals surface area contributed by atoms with Crippen molar-refractivity contribution in [1.29, 1.82) is 0 Å². The number of carbonyl (C=O) groups is 1. The zero-order valence-electron chi connectivity index (χ0n) is 8.69. The summed E-state index contributed by atoms with van der Waals surface area (Å²) in [5, 5.41) is 8.81. The highest BCUT2D eigenvalue weighted by Gasteiger charge is 2.45. The van der Waals surface area contributed by atoms with Gasteiger partial charge in [0.05, 0.1) is 12.0 Å². The normalized spacial score (nSPS) is 17.4.